The number of likely N-dealkylation sites (tertiary alicyclic amines) is 2. The number of aryl methyl sites for hydroxylation is 1. The van der Waals surface area contributed by atoms with Crippen molar-refractivity contribution in [3.05, 3.63) is 47.8 Å². The van der Waals surface area contributed by atoms with Gasteiger partial charge in [-0.3, -0.25) is 9.59 Å². The lowest BCUT2D eigenvalue weighted by molar-refractivity contribution is -0.137. The van der Waals surface area contributed by atoms with Crippen LogP contribution < -0.4 is 5.32 Å². The average molecular weight is 424 g/mol. The van der Waals surface area contributed by atoms with Crippen molar-refractivity contribution in [2.45, 2.75) is 38.6 Å². The van der Waals surface area contributed by atoms with E-state index in [1.807, 2.05) is 48.2 Å². The SMILES string of the molecule is Cc1cccc(Nc2cccc([C@@H]3CCCN3C(=O)COCCN3CCCC3=O)n2)n1. The Morgan fingerprint density at radius 2 is 1.94 bits per heavy atom. The Bertz CT molecular complexity index is 935. The van der Waals surface area contributed by atoms with Gasteiger partial charge in [0.25, 0.3) is 0 Å². The Morgan fingerprint density at radius 1 is 1.13 bits per heavy atom. The minimum atomic E-state index is -0.0523. The molecule has 0 bridgehead atoms. The first-order valence-corrected chi connectivity index (χ1v) is 10.9. The number of pyridine rings is 2. The minimum absolute atomic E-state index is 0.0314. The number of carbonyl (C=O) groups is 2. The highest BCUT2D eigenvalue weighted by Gasteiger charge is 2.31. The van der Waals surface area contributed by atoms with Gasteiger partial charge in [0.15, 0.2) is 0 Å². The van der Waals surface area contributed by atoms with Crippen molar-refractivity contribution in [2.24, 2.45) is 0 Å². The van der Waals surface area contributed by atoms with Crippen LogP contribution in [0.1, 0.15) is 43.1 Å². The van der Waals surface area contributed by atoms with Gasteiger partial charge in [0, 0.05) is 31.7 Å². The van der Waals surface area contributed by atoms with Crippen molar-refractivity contribution in [3.8, 4) is 0 Å². The van der Waals surface area contributed by atoms with E-state index >= 15 is 0 Å². The number of hydrogen-bond acceptors (Lipinski definition) is 6. The zero-order valence-corrected chi connectivity index (χ0v) is 17.9. The van der Waals surface area contributed by atoms with E-state index in [-0.39, 0.29) is 24.5 Å². The van der Waals surface area contributed by atoms with Crippen LogP contribution in [0, 0.1) is 6.92 Å². The van der Waals surface area contributed by atoms with E-state index < -0.39 is 0 Å². The second kappa shape index (κ2) is 9.87. The molecule has 0 aliphatic carbocycles. The monoisotopic (exact) mass is 423 g/mol. The molecule has 2 saturated heterocycles. The van der Waals surface area contributed by atoms with E-state index in [9.17, 15) is 9.59 Å². The molecule has 0 spiro atoms. The summed E-state index contributed by atoms with van der Waals surface area (Å²) < 4.78 is 5.59. The fourth-order valence-electron chi connectivity index (χ4n) is 4.18. The second-order valence-electron chi connectivity index (χ2n) is 8.02. The summed E-state index contributed by atoms with van der Waals surface area (Å²) in [5, 5.41) is 3.24. The van der Waals surface area contributed by atoms with Gasteiger partial charge >= 0.3 is 0 Å². The van der Waals surface area contributed by atoms with Crippen molar-refractivity contribution >= 4 is 23.5 Å². The third kappa shape index (κ3) is 5.38. The van der Waals surface area contributed by atoms with Crippen LogP contribution >= 0.6 is 0 Å². The van der Waals surface area contributed by atoms with E-state index in [2.05, 4.69) is 10.3 Å². The molecular weight excluding hydrogens is 394 g/mol. The number of carbonyl (C=O) groups excluding carboxylic acids is 2. The van der Waals surface area contributed by atoms with E-state index in [1.54, 1.807) is 4.90 Å². The molecule has 8 heteroatoms. The van der Waals surface area contributed by atoms with E-state index in [0.717, 1.165) is 43.0 Å². The first-order chi connectivity index (χ1) is 15.1. The largest absolute Gasteiger partial charge is 0.370 e. The molecule has 2 aromatic heterocycles. The summed E-state index contributed by atoms with van der Waals surface area (Å²) in [4.78, 5) is 37.3. The lowest BCUT2D eigenvalue weighted by Crippen LogP contribution is -2.35. The van der Waals surface area contributed by atoms with E-state index in [0.29, 0.717) is 31.9 Å². The van der Waals surface area contributed by atoms with Crippen LogP contribution in [0.25, 0.3) is 0 Å². The molecule has 4 rings (SSSR count). The van der Waals surface area contributed by atoms with Gasteiger partial charge in [0.05, 0.1) is 18.3 Å². The Labute approximate surface area is 182 Å². The Kier molecular flexibility index (Phi) is 6.76. The normalized spacial score (nSPS) is 18.6. The zero-order valence-electron chi connectivity index (χ0n) is 17.9. The predicted molar refractivity (Wildman–Crippen MR) is 117 cm³/mol. The number of nitrogens with zero attached hydrogens (tertiary/aromatic N) is 4. The van der Waals surface area contributed by atoms with E-state index in [4.69, 9.17) is 9.72 Å². The summed E-state index contributed by atoms with van der Waals surface area (Å²) in [6.07, 6.45) is 3.36. The summed E-state index contributed by atoms with van der Waals surface area (Å²) >= 11 is 0. The highest BCUT2D eigenvalue weighted by atomic mass is 16.5. The predicted octanol–water partition coefficient (Wildman–Crippen LogP) is 2.83. The van der Waals surface area contributed by atoms with Crippen LogP contribution in [0.5, 0.6) is 0 Å². The molecule has 4 heterocycles. The first-order valence-electron chi connectivity index (χ1n) is 10.9. The van der Waals surface area contributed by atoms with Crippen LogP contribution in [-0.4, -0.2) is 64.4 Å². The van der Waals surface area contributed by atoms with Crippen molar-refractivity contribution in [1.29, 1.82) is 0 Å². The third-order valence-corrected chi connectivity index (χ3v) is 5.73. The van der Waals surface area contributed by atoms with Crippen molar-refractivity contribution in [2.75, 3.05) is 38.2 Å². The van der Waals surface area contributed by atoms with Gasteiger partial charge in [-0.05, 0) is 50.5 Å². The molecule has 164 valence electrons. The van der Waals surface area contributed by atoms with Crippen LogP contribution in [0.2, 0.25) is 0 Å². The summed E-state index contributed by atoms with van der Waals surface area (Å²) in [6.45, 7) is 4.41. The highest BCUT2D eigenvalue weighted by molar-refractivity contribution is 5.78. The van der Waals surface area contributed by atoms with Crippen LogP contribution in [0.3, 0.4) is 0 Å². The number of aromatic nitrogens is 2. The molecule has 2 aromatic rings. The summed E-state index contributed by atoms with van der Waals surface area (Å²) in [7, 11) is 0. The molecule has 1 atom stereocenters. The fourth-order valence-corrected chi connectivity index (χ4v) is 4.18. The molecule has 2 fully saturated rings. The number of anilines is 2. The molecule has 2 amide bonds. The topological polar surface area (TPSA) is 87.7 Å². The summed E-state index contributed by atoms with van der Waals surface area (Å²) in [6, 6.07) is 11.6. The van der Waals surface area contributed by atoms with Gasteiger partial charge in [0.1, 0.15) is 18.2 Å². The minimum Gasteiger partial charge on any atom is -0.370 e. The summed E-state index contributed by atoms with van der Waals surface area (Å²) in [5.41, 5.74) is 1.80. The van der Waals surface area contributed by atoms with Crippen LogP contribution in [0.15, 0.2) is 36.4 Å². The van der Waals surface area contributed by atoms with Gasteiger partial charge in [-0.15, -0.1) is 0 Å². The number of hydrogen-bond donors (Lipinski definition) is 1. The molecule has 1 N–H and O–H groups in total. The van der Waals surface area contributed by atoms with Crippen molar-refractivity contribution in [1.82, 2.24) is 19.8 Å². The maximum absolute atomic E-state index is 12.8. The van der Waals surface area contributed by atoms with Crippen LogP contribution in [0.4, 0.5) is 11.6 Å². The maximum Gasteiger partial charge on any atom is 0.249 e. The fraction of sp³-hybridized carbons (Fsp3) is 0.478. The number of amides is 2. The van der Waals surface area contributed by atoms with Gasteiger partial charge in [-0.1, -0.05) is 12.1 Å². The number of nitrogens with one attached hydrogen (secondary N) is 1. The van der Waals surface area contributed by atoms with Crippen molar-refractivity contribution < 1.29 is 14.3 Å². The van der Waals surface area contributed by atoms with Crippen molar-refractivity contribution in [3.63, 3.8) is 0 Å². The maximum atomic E-state index is 12.8. The Hall–Kier alpha value is -3.00. The lowest BCUT2D eigenvalue weighted by Gasteiger charge is -2.25. The molecule has 2 aliphatic rings. The number of rotatable bonds is 8. The van der Waals surface area contributed by atoms with Gasteiger partial charge < -0.3 is 19.9 Å². The number of ether oxygens (including phenoxy) is 1. The second-order valence-corrected chi connectivity index (χ2v) is 8.02. The van der Waals surface area contributed by atoms with Crippen LogP contribution in [-0.2, 0) is 14.3 Å². The molecule has 31 heavy (non-hydrogen) atoms. The first kappa shape index (κ1) is 21.2. The molecule has 0 aromatic carbocycles. The molecule has 0 radical (unpaired) electrons. The summed E-state index contributed by atoms with van der Waals surface area (Å²) in [5.74, 6) is 1.60. The molecule has 0 unspecified atom stereocenters. The van der Waals surface area contributed by atoms with Gasteiger partial charge in [0.2, 0.25) is 11.8 Å². The average Bonchev–Trinajstić information content (AvgIpc) is 3.40. The Balaban J connectivity index is 1.33. The quantitative estimate of drug-likeness (QED) is 0.657. The smallest absolute Gasteiger partial charge is 0.249 e. The van der Waals surface area contributed by atoms with Gasteiger partial charge in [-0.2, -0.15) is 0 Å². The molecular formula is C23H29N5O3. The van der Waals surface area contributed by atoms with E-state index in [1.165, 1.54) is 0 Å². The lowest BCUT2D eigenvalue weighted by atomic mass is 10.1. The molecule has 0 saturated carbocycles. The zero-order chi connectivity index (χ0) is 21.6. The Morgan fingerprint density at radius 3 is 2.71 bits per heavy atom. The molecule has 8 nitrogen and oxygen atoms in total. The molecule has 2 aliphatic heterocycles. The van der Waals surface area contributed by atoms with Gasteiger partial charge in [-0.25, -0.2) is 9.97 Å². The highest BCUT2D eigenvalue weighted by Crippen LogP contribution is 2.31. The third-order valence-electron chi connectivity index (χ3n) is 5.73. The standard InChI is InChI=1S/C23H29N5O3/c1-17-6-2-9-20(24-17)26-21-10-3-7-18(25-21)19-8-4-13-28(19)23(30)16-31-15-14-27-12-5-11-22(27)29/h2-3,6-7,9-10,19H,4-5,8,11-16H2,1H3,(H,24,25,26)/t19-/m0/s1.